The van der Waals surface area contributed by atoms with Gasteiger partial charge >= 0.3 is 5.97 Å². The normalized spacial score (nSPS) is 10.5. The van der Waals surface area contributed by atoms with E-state index in [2.05, 4.69) is 21.0 Å². The molecule has 0 fully saturated rings. The van der Waals surface area contributed by atoms with Crippen molar-refractivity contribution in [2.75, 3.05) is 6.61 Å². The van der Waals surface area contributed by atoms with E-state index in [1.165, 1.54) is 4.68 Å². The van der Waals surface area contributed by atoms with E-state index >= 15 is 0 Å². The Labute approximate surface area is 128 Å². The van der Waals surface area contributed by atoms with Crippen molar-refractivity contribution in [3.8, 4) is 5.69 Å². The fraction of sp³-hybridized carbons (Fsp3) is 0.167. The van der Waals surface area contributed by atoms with Crippen LogP contribution in [0.25, 0.3) is 5.69 Å². The summed E-state index contributed by atoms with van der Waals surface area (Å²) in [5.41, 5.74) is 0.829. The molecule has 0 aliphatic heterocycles. The van der Waals surface area contributed by atoms with Crippen molar-refractivity contribution in [1.29, 1.82) is 0 Å². The third-order valence-corrected chi connectivity index (χ3v) is 3.41. The van der Waals surface area contributed by atoms with Gasteiger partial charge in [0.05, 0.1) is 21.8 Å². The summed E-state index contributed by atoms with van der Waals surface area (Å²) in [5, 5.41) is 5.13. The average molecular weight is 364 g/mol. The Morgan fingerprint density at radius 2 is 2.21 bits per heavy atom. The van der Waals surface area contributed by atoms with Crippen LogP contribution in [0.4, 0.5) is 0 Å². The van der Waals surface area contributed by atoms with Crippen LogP contribution in [-0.4, -0.2) is 22.4 Å². The Morgan fingerprint density at radius 1 is 1.47 bits per heavy atom. The zero-order chi connectivity index (χ0) is 14.0. The molecular formula is C12H9BrCl2N2O2. The second kappa shape index (κ2) is 5.94. The molecule has 0 aliphatic rings. The van der Waals surface area contributed by atoms with Crippen molar-refractivity contribution < 1.29 is 9.53 Å². The van der Waals surface area contributed by atoms with Crippen molar-refractivity contribution in [2.24, 2.45) is 0 Å². The van der Waals surface area contributed by atoms with Gasteiger partial charge in [0.2, 0.25) is 0 Å². The lowest BCUT2D eigenvalue weighted by molar-refractivity contribution is 0.0518. The van der Waals surface area contributed by atoms with Gasteiger partial charge < -0.3 is 4.74 Å². The number of carbonyl (C=O) groups is 1. The van der Waals surface area contributed by atoms with E-state index in [-0.39, 0.29) is 5.69 Å². The lowest BCUT2D eigenvalue weighted by Crippen LogP contribution is -2.07. The fourth-order valence-corrected chi connectivity index (χ4v) is 2.41. The number of nitrogens with zero attached hydrogens (tertiary/aromatic N) is 2. The van der Waals surface area contributed by atoms with Crippen LogP contribution in [0.3, 0.4) is 0 Å². The molecule has 0 amide bonds. The first kappa shape index (κ1) is 14.4. The Morgan fingerprint density at radius 3 is 2.84 bits per heavy atom. The number of halogens is 3. The summed E-state index contributed by atoms with van der Waals surface area (Å²) in [6, 6.07) is 5.03. The number of ether oxygens (including phenoxy) is 1. The standard InChI is InChI=1S/C12H9BrCl2N2O2/c1-2-19-12(18)11-8(13)6-17(16-11)10-4-3-7(14)5-9(10)15/h3-6H,2H2,1H3. The minimum Gasteiger partial charge on any atom is -0.461 e. The monoisotopic (exact) mass is 362 g/mol. The molecule has 1 aromatic carbocycles. The maximum atomic E-state index is 11.7. The van der Waals surface area contributed by atoms with Crippen LogP contribution >= 0.6 is 39.1 Å². The molecule has 0 bridgehead atoms. The number of hydrogen-bond donors (Lipinski definition) is 0. The highest BCUT2D eigenvalue weighted by Gasteiger charge is 2.17. The fourth-order valence-electron chi connectivity index (χ4n) is 1.48. The van der Waals surface area contributed by atoms with Gasteiger partial charge in [-0.15, -0.1) is 0 Å². The summed E-state index contributed by atoms with van der Waals surface area (Å²) < 4.78 is 6.94. The maximum absolute atomic E-state index is 11.7. The van der Waals surface area contributed by atoms with E-state index in [4.69, 9.17) is 27.9 Å². The summed E-state index contributed by atoms with van der Waals surface area (Å²) in [6.45, 7) is 2.03. The summed E-state index contributed by atoms with van der Waals surface area (Å²) >= 11 is 15.2. The zero-order valence-electron chi connectivity index (χ0n) is 9.86. The Kier molecular flexibility index (Phi) is 4.50. The summed E-state index contributed by atoms with van der Waals surface area (Å²) in [4.78, 5) is 11.7. The Bertz CT molecular complexity index is 628. The van der Waals surface area contributed by atoms with E-state index in [9.17, 15) is 4.79 Å². The summed E-state index contributed by atoms with van der Waals surface area (Å²) in [5.74, 6) is -0.488. The van der Waals surface area contributed by atoms with Gasteiger partial charge in [0.25, 0.3) is 0 Å². The molecule has 1 heterocycles. The molecule has 2 aromatic rings. The Balaban J connectivity index is 2.42. The second-order valence-electron chi connectivity index (χ2n) is 3.59. The molecule has 0 saturated heterocycles. The van der Waals surface area contributed by atoms with E-state index in [0.717, 1.165) is 0 Å². The van der Waals surface area contributed by atoms with Crippen molar-refractivity contribution in [3.63, 3.8) is 0 Å². The van der Waals surface area contributed by atoms with Crippen LogP contribution in [0.5, 0.6) is 0 Å². The molecule has 19 heavy (non-hydrogen) atoms. The molecule has 4 nitrogen and oxygen atoms in total. The summed E-state index contributed by atoms with van der Waals surface area (Å²) in [6.07, 6.45) is 1.64. The third-order valence-electron chi connectivity index (χ3n) is 2.29. The highest BCUT2D eigenvalue weighted by molar-refractivity contribution is 9.10. The van der Waals surface area contributed by atoms with Crippen molar-refractivity contribution >= 4 is 45.1 Å². The Hall–Kier alpha value is -1.04. The molecule has 0 N–H and O–H groups in total. The number of hydrogen-bond acceptors (Lipinski definition) is 3. The van der Waals surface area contributed by atoms with Gasteiger partial charge in [0.15, 0.2) is 5.69 Å². The lowest BCUT2D eigenvalue weighted by atomic mass is 10.3. The maximum Gasteiger partial charge on any atom is 0.360 e. The topological polar surface area (TPSA) is 44.1 Å². The molecule has 0 aliphatic carbocycles. The molecule has 0 atom stereocenters. The highest BCUT2D eigenvalue weighted by atomic mass is 79.9. The van der Waals surface area contributed by atoms with E-state index < -0.39 is 5.97 Å². The number of carbonyl (C=O) groups excluding carboxylic acids is 1. The SMILES string of the molecule is CCOC(=O)c1nn(-c2ccc(Cl)cc2Cl)cc1Br. The van der Waals surface area contributed by atoms with E-state index in [1.54, 1.807) is 31.3 Å². The molecule has 2 rings (SSSR count). The first-order chi connectivity index (χ1) is 9.02. The van der Waals surface area contributed by atoms with Crippen LogP contribution < -0.4 is 0 Å². The smallest absolute Gasteiger partial charge is 0.360 e. The number of aromatic nitrogens is 2. The molecule has 0 unspecified atom stereocenters. The van der Waals surface area contributed by atoms with Gasteiger partial charge in [-0.25, -0.2) is 9.48 Å². The van der Waals surface area contributed by atoms with Gasteiger partial charge in [0.1, 0.15) is 0 Å². The van der Waals surface area contributed by atoms with Gasteiger partial charge in [-0.1, -0.05) is 23.2 Å². The third kappa shape index (κ3) is 3.11. The molecule has 0 radical (unpaired) electrons. The predicted molar refractivity (Wildman–Crippen MR) is 77.2 cm³/mol. The molecule has 0 spiro atoms. The van der Waals surface area contributed by atoms with Crippen LogP contribution in [-0.2, 0) is 4.74 Å². The number of rotatable bonds is 3. The zero-order valence-corrected chi connectivity index (χ0v) is 13.0. The van der Waals surface area contributed by atoms with Crippen LogP contribution in [0.15, 0.2) is 28.9 Å². The van der Waals surface area contributed by atoms with Crippen LogP contribution in [0, 0.1) is 0 Å². The van der Waals surface area contributed by atoms with Crippen LogP contribution in [0.1, 0.15) is 17.4 Å². The van der Waals surface area contributed by atoms with Gasteiger partial charge in [-0.2, -0.15) is 5.10 Å². The van der Waals surface area contributed by atoms with Gasteiger partial charge in [-0.3, -0.25) is 0 Å². The lowest BCUT2D eigenvalue weighted by Gasteiger charge is -2.04. The van der Waals surface area contributed by atoms with E-state index in [0.29, 0.717) is 26.8 Å². The predicted octanol–water partition coefficient (Wildman–Crippen LogP) is 4.12. The first-order valence-corrected chi connectivity index (χ1v) is 6.95. The van der Waals surface area contributed by atoms with Crippen molar-refractivity contribution in [2.45, 2.75) is 6.92 Å². The first-order valence-electron chi connectivity index (χ1n) is 5.40. The van der Waals surface area contributed by atoms with Crippen molar-refractivity contribution in [3.05, 3.63) is 44.6 Å². The largest absolute Gasteiger partial charge is 0.461 e. The second-order valence-corrected chi connectivity index (χ2v) is 5.28. The van der Waals surface area contributed by atoms with Crippen molar-refractivity contribution in [1.82, 2.24) is 9.78 Å². The van der Waals surface area contributed by atoms with Crippen LogP contribution in [0.2, 0.25) is 10.0 Å². The minimum absolute atomic E-state index is 0.202. The van der Waals surface area contributed by atoms with E-state index in [1.807, 2.05) is 0 Å². The molecule has 100 valence electrons. The molecule has 1 aromatic heterocycles. The minimum atomic E-state index is -0.488. The molecule has 7 heteroatoms. The quantitative estimate of drug-likeness (QED) is 0.770. The number of benzene rings is 1. The highest BCUT2D eigenvalue weighted by Crippen LogP contribution is 2.26. The number of esters is 1. The summed E-state index contributed by atoms with van der Waals surface area (Å²) in [7, 11) is 0. The average Bonchev–Trinajstić information content (AvgIpc) is 2.71. The molecule has 0 saturated carbocycles. The van der Waals surface area contributed by atoms with Gasteiger partial charge in [-0.05, 0) is 41.1 Å². The van der Waals surface area contributed by atoms with Gasteiger partial charge in [0, 0.05) is 11.2 Å². The molecular weight excluding hydrogens is 355 g/mol.